The Morgan fingerprint density at radius 2 is 2.00 bits per heavy atom. The highest BCUT2D eigenvalue weighted by atomic mass is 35.5. The van der Waals surface area contributed by atoms with Crippen LogP contribution < -0.4 is 5.32 Å². The number of alkyl halides is 1. The van der Waals surface area contributed by atoms with Crippen LogP contribution in [0.3, 0.4) is 0 Å². The number of hydrogen-bond acceptors (Lipinski definition) is 5. The van der Waals surface area contributed by atoms with Crippen LogP contribution >= 0.6 is 11.6 Å². The molecule has 0 fully saturated rings. The van der Waals surface area contributed by atoms with Gasteiger partial charge < -0.3 is 5.32 Å². The Balaban J connectivity index is 3.11. The summed E-state index contributed by atoms with van der Waals surface area (Å²) >= 11 is 5.69. The number of benzene rings is 1. The zero-order valence-electron chi connectivity index (χ0n) is 9.63. The molecule has 0 aliphatic carbocycles. The second-order valence-electron chi connectivity index (χ2n) is 3.62. The third-order valence-corrected chi connectivity index (χ3v) is 2.80. The molecule has 98 valence electrons. The first kappa shape index (κ1) is 14.2. The number of nitrogens with zero attached hydrogens (tertiary/aromatic N) is 2. The molecule has 0 bridgehead atoms. The average molecular weight is 274 g/mol. The van der Waals surface area contributed by atoms with E-state index in [9.17, 15) is 20.2 Å². The number of rotatable bonds is 6. The lowest BCUT2D eigenvalue weighted by molar-refractivity contribution is -0.393. The number of non-ortho nitro benzene ring substituents is 1. The molecule has 1 unspecified atom stereocenters. The molecule has 0 saturated carbocycles. The summed E-state index contributed by atoms with van der Waals surface area (Å²) in [6.45, 7) is 1.89. The number of nitro benzene ring substituents is 2. The van der Waals surface area contributed by atoms with Crippen LogP contribution in [0.1, 0.15) is 13.3 Å². The Hall–Kier alpha value is -1.89. The number of halogens is 1. The summed E-state index contributed by atoms with van der Waals surface area (Å²) in [7, 11) is 0. The summed E-state index contributed by atoms with van der Waals surface area (Å²) in [4.78, 5) is 20.1. The first-order valence-electron chi connectivity index (χ1n) is 5.25. The van der Waals surface area contributed by atoms with E-state index in [-0.39, 0.29) is 23.1 Å². The fraction of sp³-hybridized carbons (Fsp3) is 0.400. The smallest absolute Gasteiger partial charge is 0.299 e. The first-order chi connectivity index (χ1) is 8.49. The summed E-state index contributed by atoms with van der Waals surface area (Å²) in [5.74, 6) is 0.296. The molecule has 0 saturated heterocycles. The van der Waals surface area contributed by atoms with Crippen LogP contribution in [0, 0.1) is 20.2 Å². The van der Waals surface area contributed by atoms with Crippen molar-refractivity contribution in [1.29, 1.82) is 0 Å². The zero-order chi connectivity index (χ0) is 13.7. The van der Waals surface area contributed by atoms with Gasteiger partial charge in [0.2, 0.25) is 0 Å². The Kier molecular flexibility index (Phi) is 4.85. The summed E-state index contributed by atoms with van der Waals surface area (Å²) in [5, 5.41) is 24.3. The molecule has 7 nitrogen and oxygen atoms in total. The molecule has 0 spiro atoms. The molecule has 1 N–H and O–H groups in total. The minimum Gasteiger partial charge on any atom is -0.376 e. The zero-order valence-corrected chi connectivity index (χ0v) is 10.4. The van der Waals surface area contributed by atoms with Gasteiger partial charge in [0.15, 0.2) is 0 Å². The minimum atomic E-state index is -0.671. The van der Waals surface area contributed by atoms with Crippen molar-refractivity contribution in [3.8, 4) is 0 Å². The van der Waals surface area contributed by atoms with Crippen molar-refractivity contribution in [1.82, 2.24) is 0 Å². The predicted molar refractivity (Wildman–Crippen MR) is 68.2 cm³/mol. The van der Waals surface area contributed by atoms with Gasteiger partial charge in [0.1, 0.15) is 5.69 Å². The van der Waals surface area contributed by atoms with E-state index in [1.54, 1.807) is 0 Å². The van der Waals surface area contributed by atoms with Gasteiger partial charge in [-0.2, -0.15) is 0 Å². The quantitative estimate of drug-likeness (QED) is 0.488. The SMILES string of the molecule is CCC(CCl)Nc1ccc([N+](=O)[O-])cc1[N+](=O)[O-]. The van der Waals surface area contributed by atoms with Crippen molar-refractivity contribution in [2.75, 3.05) is 11.2 Å². The third kappa shape index (κ3) is 3.30. The van der Waals surface area contributed by atoms with Gasteiger partial charge >= 0.3 is 0 Å². The van der Waals surface area contributed by atoms with Crippen molar-refractivity contribution in [3.05, 3.63) is 38.4 Å². The molecular weight excluding hydrogens is 262 g/mol. The van der Waals surface area contributed by atoms with Crippen molar-refractivity contribution < 1.29 is 9.85 Å². The van der Waals surface area contributed by atoms with Crippen LogP contribution in [-0.2, 0) is 0 Å². The number of nitrogens with one attached hydrogen (secondary N) is 1. The van der Waals surface area contributed by atoms with E-state index in [1.807, 2.05) is 6.92 Å². The normalized spacial score (nSPS) is 11.9. The molecule has 0 aliphatic rings. The molecule has 0 radical (unpaired) electrons. The highest BCUT2D eigenvalue weighted by Gasteiger charge is 2.20. The van der Waals surface area contributed by atoms with Crippen molar-refractivity contribution >= 4 is 28.7 Å². The molecule has 1 aromatic rings. The molecular formula is C10H12ClN3O4. The monoisotopic (exact) mass is 273 g/mol. The molecule has 1 aromatic carbocycles. The van der Waals surface area contributed by atoms with Gasteiger partial charge in [-0.15, -0.1) is 11.6 Å². The van der Waals surface area contributed by atoms with Gasteiger partial charge in [0, 0.05) is 18.0 Å². The van der Waals surface area contributed by atoms with E-state index in [0.717, 1.165) is 6.07 Å². The van der Waals surface area contributed by atoms with Crippen molar-refractivity contribution in [2.45, 2.75) is 19.4 Å². The Bertz CT molecular complexity index is 462. The summed E-state index contributed by atoms with van der Waals surface area (Å²) in [6.07, 6.45) is 0.692. The van der Waals surface area contributed by atoms with Crippen LogP contribution in [0.2, 0.25) is 0 Å². The largest absolute Gasteiger partial charge is 0.376 e. The molecule has 0 aromatic heterocycles. The van der Waals surface area contributed by atoms with Crippen LogP contribution in [0.4, 0.5) is 17.1 Å². The van der Waals surface area contributed by atoms with Gasteiger partial charge in [-0.05, 0) is 12.5 Å². The lowest BCUT2D eigenvalue weighted by Crippen LogP contribution is -2.20. The first-order valence-corrected chi connectivity index (χ1v) is 5.78. The van der Waals surface area contributed by atoms with Crippen LogP contribution in [0.25, 0.3) is 0 Å². The summed E-state index contributed by atoms with van der Waals surface area (Å²) in [6, 6.07) is 3.36. The van der Waals surface area contributed by atoms with Crippen LogP contribution in [0.5, 0.6) is 0 Å². The summed E-state index contributed by atoms with van der Waals surface area (Å²) in [5.41, 5.74) is -0.406. The maximum atomic E-state index is 10.9. The second-order valence-corrected chi connectivity index (χ2v) is 3.93. The lowest BCUT2D eigenvalue weighted by atomic mass is 10.2. The van der Waals surface area contributed by atoms with Crippen molar-refractivity contribution in [3.63, 3.8) is 0 Å². The summed E-state index contributed by atoms with van der Waals surface area (Å²) < 4.78 is 0. The standard InChI is InChI=1S/C10H12ClN3O4/c1-2-7(6-11)12-9-4-3-8(13(15)16)5-10(9)14(17)18/h3-5,7,12H,2,6H2,1H3. The minimum absolute atomic E-state index is 0.119. The second kappa shape index (κ2) is 6.15. The fourth-order valence-electron chi connectivity index (χ4n) is 1.38. The van der Waals surface area contributed by atoms with E-state index in [4.69, 9.17) is 11.6 Å². The van der Waals surface area contributed by atoms with E-state index < -0.39 is 9.85 Å². The highest BCUT2D eigenvalue weighted by Crippen LogP contribution is 2.29. The van der Waals surface area contributed by atoms with E-state index in [0.29, 0.717) is 12.3 Å². The van der Waals surface area contributed by atoms with Crippen LogP contribution in [-0.4, -0.2) is 21.8 Å². The Labute approximate surface area is 108 Å². The van der Waals surface area contributed by atoms with Crippen LogP contribution in [0.15, 0.2) is 18.2 Å². The molecule has 1 rings (SSSR count). The van der Waals surface area contributed by atoms with Gasteiger partial charge in [-0.25, -0.2) is 0 Å². The van der Waals surface area contributed by atoms with Crippen molar-refractivity contribution in [2.24, 2.45) is 0 Å². The molecule has 0 aliphatic heterocycles. The molecule has 1 atom stereocenters. The van der Waals surface area contributed by atoms with E-state index >= 15 is 0 Å². The topological polar surface area (TPSA) is 98.3 Å². The molecule has 8 heteroatoms. The van der Waals surface area contributed by atoms with Gasteiger partial charge in [-0.1, -0.05) is 6.92 Å². The number of nitro groups is 2. The molecule has 0 heterocycles. The average Bonchev–Trinajstić information content (AvgIpc) is 2.35. The third-order valence-electron chi connectivity index (χ3n) is 2.43. The molecule has 0 amide bonds. The maximum Gasteiger partial charge on any atom is 0.299 e. The fourth-order valence-corrected chi connectivity index (χ4v) is 1.67. The Morgan fingerprint density at radius 3 is 2.44 bits per heavy atom. The van der Waals surface area contributed by atoms with E-state index in [1.165, 1.54) is 12.1 Å². The lowest BCUT2D eigenvalue weighted by Gasteiger charge is -2.14. The van der Waals surface area contributed by atoms with Gasteiger partial charge in [0.25, 0.3) is 11.4 Å². The maximum absolute atomic E-state index is 10.9. The molecule has 18 heavy (non-hydrogen) atoms. The Morgan fingerprint density at radius 1 is 1.33 bits per heavy atom. The van der Waals surface area contributed by atoms with Gasteiger partial charge in [-0.3, -0.25) is 20.2 Å². The predicted octanol–water partition coefficient (Wildman–Crippen LogP) is 2.93. The number of anilines is 1. The van der Waals surface area contributed by atoms with E-state index in [2.05, 4.69) is 5.32 Å². The van der Waals surface area contributed by atoms with Gasteiger partial charge in [0.05, 0.1) is 15.9 Å². The number of hydrogen-bond donors (Lipinski definition) is 1. The highest BCUT2D eigenvalue weighted by molar-refractivity contribution is 6.18.